The zero-order chi connectivity index (χ0) is 19.1. The lowest BCUT2D eigenvalue weighted by Gasteiger charge is -2.40. The van der Waals surface area contributed by atoms with Gasteiger partial charge in [-0.25, -0.2) is 0 Å². The molecule has 26 heavy (non-hydrogen) atoms. The summed E-state index contributed by atoms with van der Waals surface area (Å²) in [7, 11) is -1.79. The Morgan fingerprint density at radius 1 is 1.04 bits per heavy atom. The van der Waals surface area contributed by atoms with Gasteiger partial charge in [-0.05, 0) is 80.5 Å². The highest BCUT2D eigenvalue weighted by Crippen LogP contribution is 2.50. The number of rotatable bonds is 4. The Morgan fingerprint density at radius 3 is 2.42 bits per heavy atom. The van der Waals surface area contributed by atoms with Crippen LogP contribution >= 0.6 is 0 Å². The largest absolute Gasteiger partial charge is 0.417 e. The molecule has 0 spiro atoms. The monoisotopic (exact) mass is 376 g/mol. The fourth-order valence-corrected chi connectivity index (χ4v) is 6.01. The number of allylic oxidation sites excluding steroid dienone is 2. The summed E-state index contributed by atoms with van der Waals surface area (Å²) >= 11 is 0. The molecule has 0 unspecified atom stereocenters. The summed E-state index contributed by atoms with van der Waals surface area (Å²) in [6, 6.07) is 0. The van der Waals surface area contributed by atoms with Crippen LogP contribution in [-0.4, -0.2) is 26.5 Å². The molecule has 2 fully saturated rings. The molecular formula is C22H36O3Si. The van der Waals surface area contributed by atoms with Crippen molar-refractivity contribution >= 4 is 19.9 Å². The molecule has 2 bridgehead atoms. The molecule has 3 aliphatic carbocycles. The van der Waals surface area contributed by atoms with Gasteiger partial charge in [-0.1, -0.05) is 26.3 Å². The first kappa shape index (κ1) is 20.0. The van der Waals surface area contributed by atoms with E-state index < -0.39 is 8.32 Å². The second-order valence-electron chi connectivity index (χ2n) is 10.1. The van der Waals surface area contributed by atoms with E-state index in [-0.39, 0.29) is 28.4 Å². The maximum Gasteiger partial charge on any atom is 0.191 e. The Balaban J connectivity index is 1.80. The molecule has 2 saturated carbocycles. The average Bonchev–Trinajstić information content (AvgIpc) is 3.00. The van der Waals surface area contributed by atoms with Crippen molar-refractivity contribution in [2.75, 3.05) is 6.61 Å². The van der Waals surface area contributed by atoms with Gasteiger partial charge < -0.3 is 4.43 Å². The van der Waals surface area contributed by atoms with Crippen molar-refractivity contribution < 1.29 is 14.0 Å². The molecule has 0 aliphatic heterocycles. The van der Waals surface area contributed by atoms with Gasteiger partial charge in [0, 0.05) is 13.0 Å². The highest BCUT2D eigenvalue weighted by molar-refractivity contribution is 6.74. The van der Waals surface area contributed by atoms with E-state index in [0.717, 1.165) is 44.1 Å². The minimum Gasteiger partial charge on any atom is -0.417 e. The molecule has 3 rings (SSSR count). The summed E-state index contributed by atoms with van der Waals surface area (Å²) in [5.41, 5.74) is 2.46. The molecule has 3 nitrogen and oxygen atoms in total. The Bertz CT molecular complexity index is 611. The van der Waals surface area contributed by atoms with Gasteiger partial charge >= 0.3 is 0 Å². The van der Waals surface area contributed by atoms with Crippen LogP contribution in [0.25, 0.3) is 0 Å². The third kappa shape index (κ3) is 3.64. The van der Waals surface area contributed by atoms with Crippen molar-refractivity contribution in [3.05, 3.63) is 11.1 Å². The van der Waals surface area contributed by atoms with Gasteiger partial charge in [-0.15, -0.1) is 0 Å². The lowest BCUT2D eigenvalue weighted by atomic mass is 9.64. The molecule has 0 aromatic carbocycles. The topological polar surface area (TPSA) is 43.4 Å². The molecule has 0 aromatic heterocycles. The van der Waals surface area contributed by atoms with Crippen LogP contribution < -0.4 is 0 Å². The van der Waals surface area contributed by atoms with E-state index in [2.05, 4.69) is 33.9 Å². The third-order valence-corrected chi connectivity index (χ3v) is 12.0. The van der Waals surface area contributed by atoms with Crippen LogP contribution in [0.2, 0.25) is 18.1 Å². The van der Waals surface area contributed by atoms with Crippen molar-refractivity contribution in [1.82, 2.24) is 0 Å². The van der Waals surface area contributed by atoms with E-state index in [1.807, 2.05) is 0 Å². The predicted molar refractivity (Wildman–Crippen MR) is 108 cm³/mol. The summed E-state index contributed by atoms with van der Waals surface area (Å²) in [5.74, 6) is 0.646. The fourth-order valence-electron chi connectivity index (χ4n) is 4.95. The van der Waals surface area contributed by atoms with Crippen molar-refractivity contribution in [2.24, 2.45) is 17.8 Å². The first-order valence-electron chi connectivity index (χ1n) is 10.6. The van der Waals surface area contributed by atoms with Gasteiger partial charge in [-0.3, -0.25) is 9.59 Å². The maximum atomic E-state index is 13.2. The number of Topliss-reactive ketones (excluding diaryl/α,β-unsaturated/α-hetero) is 2. The van der Waals surface area contributed by atoms with Crippen molar-refractivity contribution in [3.8, 4) is 0 Å². The first-order chi connectivity index (χ1) is 12.1. The molecule has 0 heterocycles. The van der Waals surface area contributed by atoms with Crippen molar-refractivity contribution in [3.63, 3.8) is 0 Å². The fraction of sp³-hybridized carbons (Fsp3) is 0.818. The summed E-state index contributed by atoms with van der Waals surface area (Å²) in [6.07, 6.45) is 7.69. The van der Waals surface area contributed by atoms with Crippen LogP contribution in [0.15, 0.2) is 11.1 Å². The minimum atomic E-state index is -1.79. The average molecular weight is 377 g/mol. The molecule has 146 valence electrons. The zero-order valence-corrected chi connectivity index (χ0v) is 18.3. The van der Waals surface area contributed by atoms with Crippen LogP contribution in [0.4, 0.5) is 0 Å². The molecule has 0 amide bonds. The second kappa shape index (κ2) is 7.35. The second-order valence-corrected chi connectivity index (χ2v) is 14.9. The first-order valence-corrected chi connectivity index (χ1v) is 13.5. The van der Waals surface area contributed by atoms with Gasteiger partial charge in [0.25, 0.3) is 0 Å². The number of ketones is 2. The molecule has 0 N–H and O–H groups in total. The van der Waals surface area contributed by atoms with Gasteiger partial charge in [-0.2, -0.15) is 0 Å². The molecular weight excluding hydrogens is 340 g/mol. The summed E-state index contributed by atoms with van der Waals surface area (Å²) in [4.78, 5) is 26.0. The number of carbonyl (C=O) groups excluding carboxylic acids is 2. The van der Waals surface area contributed by atoms with Crippen molar-refractivity contribution in [1.29, 1.82) is 0 Å². The Kier molecular flexibility index (Phi) is 5.65. The predicted octanol–water partition coefficient (Wildman–Crippen LogP) is 5.45. The third-order valence-electron chi connectivity index (χ3n) is 7.49. The molecule has 4 heteroatoms. The van der Waals surface area contributed by atoms with Gasteiger partial charge in [0.05, 0.1) is 5.92 Å². The maximum absolute atomic E-state index is 13.2. The number of hydrogen-bond acceptors (Lipinski definition) is 3. The highest BCUT2D eigenvalue weighted by atomic mass is 28.4. The molecule has 3 atom stereocenters. The molecule has 0 radical (unpaired) electrons. The van der Waals surface area contributed by atoms with Gasteiger partial charge in [0.2, 0.25) is 0 Å². The van der Waals surface area contributed by atoms with E-state index in [4.69, 9.17) is 4.43 Å². The quantitative estimate of drug-likeness (QED) is 0.484. The standard InChI is InChI=1S/C22H36O3Si/c1-22(2,3)26(4,5)25-14-13-17-15-10-8-11-16(15)18-9-6-7-12-19(23)20(17)21(18)24/h15,17,20H,6-14H2,1-5H3/t15-,17+,20-/m1/s1. The molecule has 3 aliphatic rings. The van der Waals surface area contributed by atoms with E-state index in [9.17, 15) is 9.59 Å². The Labute approximate surface area is 160 Å². The van der Waals surface area contributed by atoms with E-state index in [1.54, 1.807) is 0 Å². The van der Waals surface area contributed by atoms with Crippen molar-refractivity contribution in [2.45, 2.75) is 90.3 Å². The molecule has 0 aromatic rings. The van der Waals surface area contributed by atoms with E-state index in [0.29, 0.717) is 18.9 Å². The zero-order valence-electron chi connectivity index (χ0n) is 17.3. The molecule has 0 saturated heterocycles. The van der Waals surface area contributed by atoms with Crippen LogP contribution in [-0.2, 0) is 14.0 Å². The summed E-state index contributed by atoms with van der Waals surface area (Å²) < 4.78 is 6.41. The highest BCUT2D eigenvalue weighted by Gasteiger charge is 2.48. The SMILES string of the molecule is CC(C)(C)[Si](C)(C)OCC[C@@H]1[C@@H]2C(=O)CCCCC(=C3CCC[C@H]31)C2=O. The summed E-state index contributed by atoms with van der Waals surface area (Å²) in [5, 5.41) is 0.191. The van der Waals surface area contributed by atoms with E-state index >= 15 is 0 Å². The lowest BCUT2D eigenvalue weighted by molar-refractivity contribution is -0.135. The minimum absolute atomic E-state index is 0.180. The summed E-state index contributed by atoms with van der Waals surface area (Å²) in [6.45, 7) is 12.0. The van der Waals surface area contributed by atoms with Gasteiger partial charge in [0.1, 0.15) is 5.78 Å². The Morgan fingerprint density at radius 2 is 1.73 bits per heavy atom. The van der Waals surface area contributed by atoms with E-state index in [1.165, 1.54) is 12.0 Å². The number of fused-ring (bicyclic) bond motifs is 3. The van der Waals surface area contributed by atoms with Crippen LogP contribution in [0.5, 0.6) is 0 Å². The number of hydrogen-bond donors (Lipinski definition) is 0. The normalized spacial score (nSPS) is 30.3. The van der Waals surface area contributed by atoms with Crippen LogP contribution in [0.1, 0.15) is 72.1 Å². The smallest absolute Gasteiger partial charge is 0.191 e. The lowest BCUT2D eigenvalue weighted by Crippen LogP contribution is -2.44. The van der Waals surface area contributed by atoms with Crippen LogP contribution in [0, 0.1) is 17.8 Å². The number of carbonyl (C=O) groups is 2. The van der Waals surface area contributed by atoms with Gasteiger partial charge in [0.15, 0.2) is 14.1 Å². The van der Waals surface area contributed by atoms with Crippen LogP contribution in [0.3, 0.4) is 0 Å². The Hall–Kier alpha value is -0.743.